The molecular weight excluding hydrogens is 276 g/mol. The van der Waals surface area contributed by atoms with E-state index in [1.807, 2.05) is 6.92 Å². The Hall–Kier alpha value is -0.690. The quantitative estimate of drug-likeness (QED) is 0.538. The third kappa shape index (κ3) is 1.59. The molecule has 0 radical (unpaired) electrons. The van der Waals surface area contributed by atoms with Crippen LogP contribution < -0.4 is 0 Å². The van der Waals surface area contributed by atoms with Crippen LogP contribution in [-0.4, -0.2) is 34.9 Å². The number of rotatable bonds is 0. The molecule has 0 amide bonds. The summed E-state index contributed by atoms with van der Waals surface area (Å²) in [5, 5.41) is 10.5. The zero-order valence-electron chi connectivity index (χ0n) is 12.6. The van der Waals surface area contributed by atoms with E-state index in [0.717, 1.165) is 12.8 Å². The predicted molar refractivity (Wildman–Crippen MR) is 69.4 cm³/mol. The highest BCUT2D eigenvalue weighted by atomic mass is 17.3. The van der Waals surface area contributed by atoms with Gasteiger partial charge in [0.05, 0.1) is 5.92 Å². The van der Waals surface area contributed by atoms with Crippen molar-refractivity contribution in [3.8, 4) is 0 Å². The van der Waals surface area contributed by atoms with E-state index in [1.165, 1.54) is 0 Å². The van der Waals surface area contributed by atoms with Crippen molar-refractivity contribution in [1.82, 2.24) is 0 Å². The highest BCUT2D eigenvalue weighted by molar-refractivity contribution is 5.74. The van der Waals surface area contributed by atoms with Gasteiger partial charge in [-0.3, -0.25) is 4.79 Å². The van der Waals surface area contributed by atoms with Crippen LogP contribution in [0.2, 0.25) is 0 Å². The van der Waals surface area contributed by atoms with Crippen LogP contribution in [0, 0.1) is 23.7 Å². The molecule has 8 atom stereocenters. The SMILES string of the molecule is C[C@@H]1CC[C@H]2[C@@H](C)C(=O)O[C@@H]3OC4(C)OO[C@@]32[C@H]1C[C@@H]4O. The number of carbonyl (C=O) groups is 1. The third-order valence-corrected chi connectivity index (χ3v) is 6.12. The van der Waals surface area contributed by atoms with E-state index in [0.29, 0.717) is 12.3 Å². The van der Waals surface area contributed by atoms with Crippen molar-refractivity contribution in [3.05, 3.63) is 0 Å². The van der Waals surface area contributed by atoms with Gasteiger partial charge in [-0.15, -0.1) is 0 Å². The Kier molecular flexibility index (Phi) is 2.78. The number of hydrogen-bond acceptors (Lipinski definition) is 6. The zero-order valence-corrected chi connectivity index (χ0v) is 12.6. The van der Waals surface area contributed by atoms with Crippen LogP contribution in [-0.2, 0) is 24.0 Å². The Morgan fingerprint density at radius 1 is 1.19 bits per heavy atom. The molecule has 4 saturated heterocycles. The fraction of sp³-hybridized carbons (Fsp3) is 0.933. The number of carbonyl (C=O) groups excluding carboxylic acids is 1. The fourth-order valence-electron chi connectivity index (χ4n) is 4.72. The molecule has 0 aromatic carbocycles. The third-order valence-electron chi connectivity index (χ3n) is 6.12. The van der Waals surface area contributed by atoms with Crippen molar-refractivity contribution >= 4 is 5.97 Å². The summed E-state index contributed by atoms with van der Waals surface area (Å²) >= 11 is 0. The standard InChI is InChI=1S/C15H22O6/c1-7-4-5-9-8(2)12(17)18-13-15(9)10(7)6-11(16)14(3,19-13)20-21-15/h7-11,13,16H,4-6H2,1-3H3/t7-,8-,9+,10+,11+,13-,14?,15+/m1/s1. The number of esters is 1. The molecule has 0 aromatic heterocycles. The highest BCUT2D eigenvalue weighted by Gasteiger charge is 2.71. The number of ether oxygens (including phenoxy) is 2. The minimum atomic E-state index is -1.28. The van der Waals surface area contributed by atoms with Crippen molar-refractivity contribution in [1.29, 1.82) is 0 Å². The first-order chi connectivity index (χ1) is 9.88. The largest absolute Gasteiger partial charge is 0.432 e. The molecule has 1 unspecified atom stereocenters. The van der Waals surface area contributed by atoms with Crippen molar-refractivity contribution in [2.75, 3.05) is 0 Å². The Bertz CT molecular complexity index is 481. The smallest absolute Gasteiger partial charge is 0.311 e. The van der Waals surface area contributed by atoms with Crippen LogP contribution in [0.25, 0.3) is 0 Å². The Morgan fingerprint density at radius 3 is 2.71 bits per heavy atom. The summed E-state index contributed by atoms with van der Waals surface area (Å²) < 4.78 is 11.4. The van der Waals surface area contributed by atoms with Crippen LogP contribution in [0.15, 0.2) is 0 Å². The minimum Gasteiger partial charge on any atom is -0.432 e. The molecule has 5 fully saturated rings. The van der Waals surface area contributed by atoms with Gasteiger partial charge in [-0.25, -0.2) is 4.89 Å². The van der Waals surface area contributed by atoms with Gasteiger partial charge >= 0.3 is 5.97 Å². The molecule has 4 aliphatic heterocycles. The second kappa shape index (κ2) is 4.19. The Morgan fingerprint density at radius 2 is 1.95 bits per heavy atom. The highest BCUT2D eigenvalue weighted by Crippen LogP contribution is 2.59. The summed E-state index contributed by atoms with van der Waals surface area (Å²) in [6.07, 6.45) is 0.824. The van der Waals surface area contributed by atoms with Gasteiger partial charge in [-0.2, -0.15) is 4.89 Å². The molecule has 2 bridgehead atoms. The molecule has 1 saturated carbocycles. The minimum absolute atomic E-state index is 0.000185. The van der Waals surface area contributed by atoms with Gasteiger partial charge in [0.2, 0.25) is 12.1 Å². The van der Waals surface area contributed by atoms with E-state index in [1.54, 1.807) is 6.92 Å². The number of fused-ring (bicyclic) bond motifs is 2. The van der Waals surface area contributed by atoms with Crippen molar-refractivity contribution < 1.29 is 29.1 Å². The van der Waals surface area contributed by atoms with E-state index in [2.05, 4.69) is 6.92 Å². The van der Waals surface area contributed by atoms with E-state index in [4.69, 9.17) is 19.2 Å². The molecule has 1 spiro atoms. The number of aliphatic hydroxyl groups is 1. The molecule has 5 rings (SSSR count). The second-order valence-electron chi connectivity index (χ2n) is 7.23. The maximum Gasteiger partial charge on any atom is 0.311 e. The molecule has 6 heteroatoms. The molecule has 21 heavy (non-hydrogen) atoms. The molecular formula is C15H22O6. The van der Waals surface area contributed by atoms with Crippen LogP contribution in [0.1, 0.15) is 40.0 Å². The Labute approximate surface area is 123 Å². The summed E-state index contributed by atoms with van der Waals surface area (Å²) in [4.78, 5) is 23.5. The first-order valence-corrected chi connectivity index (χ1v) is 7.81. The van der Waals surface area contributed by atoms with Crippen LogP contribution in [0.3, 0.4) is 0 Å². The molecule has 0 aromatic rings. The summed E-state index contributed by atoms with van der Waals surface area (Å²) in [6.45, 7) is 5.67. The summed E-state index contributed by atoms with van der Waals surface area (Å²) in [7, 11) is 0. The monoisotopic (exact) mass is 298 g/mol. The summed E-state index contributed by atoms with van der Waals surface area (Å²) in [6, 6.07) is 0. The van der Waals surface area contributed by atoms with Gasteiger partial charge in [0.25, 0.3) is 0 Å². The number of hydrogen-bond donors (Lipinski definition) is 1. The molecule has 6 nitrogen and oxygen atoms in total. The average molecular weight is 298 g/mol. The second-order valence-corrected chi connectivity index (χ2v) is 7.23. The average Bonchev–Trinajstić information content (AvgIpc) is 2.61. The van der Waals surface area contributed by atoms with Gasteiger partial charge in [0.1, 0.15) is 6.10 Å². The lowest BCUT2D eigenvalue weighted by Crippen LogP contribution is -2.69. The molecule has 5 aliphatic rings. The van der Waals surface area contributed by atoms with Gasteiger partial charge in [0, 0.05) is 11.8 Å². The first kappa shape index (κ1) is 13.9. The van der Waals surface area contributed by atoms with Crippen molar-refractivity contribution in [2.45, 2.75) is 63.8 Å². The van der Waals surface area contributed by atoms with Crippen LogP contribution in [0.4, 0.5) is 0 Å². The maximum atomic E-state index is 12.1. The predicted octanol–water partition coefficient (Wildman–Crippen LogP) is 1.37. The lowest BCUT2D eigenvalue weighted by atomic mass is 9.58. The lowest BCUT2D eigenvalue weighted by molar-refractivity contribution is -0.565. The van der Waals surface area contributed by atoms with Crippen LogP contribution in [0.5, 0.6) is 0 Å². The maximum absolute atomic E-state index is 12.1. The normalized spacial score (nSPS) is 59.1. The lowest BCUT2D eigenvalue weighted by Gasteiger charge is -2.57. The van der Waals surface area contributed by atoms with E-state index < -0.39 is 23.8 Å². The van der Waals surface area contributed by atoms with Crippen molar-refractivity contribution in [2.24, 2.45) is 23.7 Å². The molecule has 4 heterocycles. The van der Waals surface area contributed by atoms with Gasteiger partial charge in [-0.1, -0.05) is 13.8 Å². The van der Waals surface area contributed by atoms with Gasteiger partial charge < -0.3 is 14.6 Å². The summed E-state index contributed by atoms with van der Waals surface area (Å²) in [5.41, 5.74) is -0.790. The number of aliphatic hydroxyl groups excluding tert-OH is 1. The molecule has 118 valence electrons. The van der Waals surface area contributed by atoms with E-state index >= 15 is 0 Å². The van der Waals surface area contributed by atoms with E-state index in [9.17, 15) is 9.90 Å². The topological polar surface area (TPSA) is 74.2 Å². The zero-order chi connectivity index (χ0) is 15.0. The molecule has 1 aliphatic carbocycles. The fourth-order valence-corrected chi connectivity index (χ4v) is 4.72. The van der Waals surface area contributed by atoms with E-state index in [-0.39, 0.29) is 23.7 Å². The molecule has 1 N–H and O–H groups in total. The first-order valence-electron chi connectivity index (χ1n) is 7.81. The summed E-state index contributed by atoms with van der Waals surface area (Å²) in [5.74, 6) is -1.37. The van der Waals surface area contributed by atoms with Gasteiger partial charge in [-0.05, 0) is 32.1 Å². The van der Waals surface area contributed by atoms with Crippen LogP contribution >= 0.6 is 0 Å². The van der Waals surface area contributed by atoms with Crippen molar-refractivity contribution in [3.63, 3.8) is 0 Å². The Balaban J connectivity index is 1.85. The van der Waals surface area contributed by atoms with Gasteiger partial charge in [0.15, 0.2) is 5.60 Å².